The number of nitrogens with zero attached hydrogens (tertiary/aromatic N) is 1. The Hall–Kier alpha value is -3.36. The highest BCUT2D eigenvalue weighted by atomic mass is 16.5. The number of nitrogens with two attached hydrogens (primary N) is 1. The van der Waals surface area contributed by atoms with Gasteiger partial charge in [0.1, 0.15) is 0 Å². The van der Waals surface area contributed by atoms with Crippen molar-refractivity contribution >= 4 is 28.5 Å². The van der Waals surface area contributed by atoms with Crippen molar-refractivity contribution in [2.75, 3.05) is 13.7 Å². The summed E-state index contributed by atoms with van der Waals surface area (Å²) in [5.74, 6) is -2.84. The van der Waals surface area contributed by atoms with Gasteiger partial charge in [0.2, 0.25) is 0 Å². The van der Waals surface area contributed by atoms with E-state index in [9.17, 15) is 5.11 Å². The van der Waals surface area contributed by atoms with E-state index in [-0.39, 0.29) is 0 Å². The lowest BCUT2D eigenvalue weighted by Crippen LogP contribution is -2.82. The number of para-hydroxylation sites is 3. The smallest absolute Gasteiger partial charge is 0.414 e. The first kappa shape index (κ1) is 22.9. The van der Waals surface area contributed by atoms with Crippen molar-refractivity contribution in [3.05, 3.63) is 59.8 Å². The van der Waals surface area contributed by atoms with Gasteiger partial charge in [-0.15, -0.1) is 0 Å². The first-order chi connectivity index (χ1) is 14.3. The third-order valence-electron chi connectivity index (χ3n) is 4.86. The number of fused-ring (bicyclic) bond motifs is 1. The molecule has 0 saturated carbocycles. The maximum atomic E-state index is 12.6. The SMILES string of the molecule is COc1ccccc1[NH2+]CC([O-])Cn1c(C)c(C)c2ccccc21.O=C(O)C(=O)O. The Morgan fingerprint density at radius 2 is 1.67 bits per heavy atom. The Kier molecular flexibility index (Phi) is 7.97. The molecule has 3 aromatic rings. The van der Waals surface area contributed by atoms with Gasteiger partial charge < -0.3 is 29.9 Å². The highest BCUT2D eigenvalue weighted by Crippen LogP contribution is 2.25. The van der Waals surface area contributed by atoms with Crippen LogP contribution in [0.3, 0.4) is 0 Å². The van der Waals surface area contributed by atoms with E-state index in [0.29, 0.717) is 13.1 Å². The molecule has 0 aliphatic heterocycles. The summed E-state index contributed by atoms with van der Waals surface area (Å²) < 4.78 is 7.49. The predicted molar refractivity (Wildman–Crippen MR) is 110 cm³/mol. The highest BCUT2D eigenvalue weighted by molar-refractivity contribution is 6.27. The van der Waals surface area contributed by atoms with Crippen molar-refractivity contribution in [3.8, 4) is 5.75 Å². The fourth-order valence-electron chi connectivity index (χ4n) is 3.21. The number of carbonyl (C=O) groups is 2. The average molecular weight is 414 g/mol. The molecule has 0 amide bonds. The van der Waals surface area contributed by atoms with Crippen molar-refractivity contribution in [2.24, 2.45) is 0 Å². The average Bonchev–Trinajstić information content (AvgIpc) is 2.98. The fourth-order valence-corrected chi connectivity index (χ4v) is 3.21. The number of rotatable bonds is 6. The zero-order chi connectivity index (χ0) is 22.3. The maximum Gasteiger partial charge on any atom is 0.414 e. The standard InChI is InChI=1S/C20H23N2O2.C2H2O4/c1-14-15(2)22(19-10-6-4-8-17(14)19)13-16(23)12-21-18-9-5-7-11-20(18)24-3;3-1(4)2(5)6/h4-11,16,21H,12-13H2,1-3H3;(H,3,4)(H,5,6)/q-1;/p+1. The van der Waals surface area contributed by atoms with Crippen LogP contribution in [0.15, 0.2) is 48.5 Å². The minimum absolute atomic E-state index is 0.478. The summed E-state index contributed by atoms with van der Waals surface area (Å²) in [5.41, 5.74) is 4.55. The van der Waals surface area contributed by atoms with Crippen LogP contribution in [-0.4, -0.2) is 46.5 Å². The molecule has 1 heterocycles. The van der Waals surface area contributed by atoms with Gasteiger partial charge in [0.15, 0.2) is 11.4 Å². The summed E-state index contributed by atoms with van der Waals surface area (Å²) in [6.07, 6.45) is -0.691. The van der Waals surface area contributed by atoms with E-state index in [1.165, 1.54) is 16.6 Å². The van der Waals surface area contributed by atoms with Gasteiger partial charge >= 0.3 is 11.9 Å². The van der Waals surface area contributed by atoms with Crippen LogP contribution in [0, 0.1) is 13.8 Å². The summed E-state index contributed by atoms with van der Waals surface area (Å²) in [5, 5.41) is 30.6. The highest BCUT2D eigenvalue weighted by Gasteiger charge is 2.12. The van der Waals surface area contributed by atoms with Gasteiger partial charge in [-0.3, -0.25) is 0 Å². The number of aromatic nitrogens is 1. The van der Waals surface area contributed by atoms with E-state index in [4.69, 9.17) is 24.5 Å². The molecule has 8 heteroatoms. The predicted octanol–water partition coefficient (Wildman–Crippen LogP) is 1.05. The van der Waals surface area contributed by atoms with E-state index in [1.54, 1.807) is 7.11 Å². The third kappa shape index (κ3) is 5.59. The third-order valence-corrected chi connectivity index (χ3v) is 4.86. The molecule has 8 nitrogen and oxygen atoms in total. The lowest BCUT2D eigenvalue weighted by Gasteiger charge is -2.23. The Morgan fingerprint density at radius 3 is 2.30 bits per heavy atom. The Morgan fingerprint density at radius 1 is 1.07 bits per heavy atom. The number of ether oxygens (including phenoxy) is 1. The van der Waals surface area contributed by atoms with Gasteiger partial charge in [0.25, 0.3) is 0 Å². The molecule has 1 unspecified atom stereocenters. The number of aliphatic carboxylic acids is 2. The van der Waals surface area contributed by atoms with Crippen LogP contribution >= 0.6 is 0 Å². The fraction of sp³-hybridized carbons (Fsp3) is 0.273. The summed E-state index contributed by atoms with van der Waals surface area (Å²) >= 11 is 0. The Balaban J connectivity index is 0.000000469. The van der Waals surface area contributed by atoms with Crippen molar-refractivity contribution in [3.63, 3.8) is 0 Å². The zero-order valence-electron chi connectivity index (χ0n) is 17.2. The number of quaternary nitrogens is 1. The van der Waals surface area contributed by atoms with Gasteiger partial charge in [-0.05, 0) is 31.5 Å². The minimum Gasteiger partial charge on any atom is -0.847 e. The van der Waals surface area contributed by atoms with Crippen molar-refractivity contribution < 1.29 is 35.0 Å². The zero-order valence-corrected chi connectivity index (χ0v) is 17.2. The molecule has 0 bridgehead atoms. The number of hydrogen-bond acceptors (Lipinski definition) is 4. The number of aryl methyl sites for hydroxylation is 1. The molecule has 0 saturated heterocycles. The van der Waals surface area contributed by atoms with Crippen molar-refractivity contribution in [1.29, 1.82) is 0 Å². The van der Waals surface area contributed by atoms with E-state index in [0.717, 1.165) is 17.0 Å². The summed E-state index contributed by atoms with van der Waals surface area (Å²) in [7, 11) is 1.65. The first-order valence-electron chi connectivity index (χ1n) is 9.39. The van der Waals surface area contributed by atoms with E-state index in [2.05, 4.69) is 30.5 Å². The maximum absolute atomic E-state index is 12.6. The molecule has 0 fully saturated rings. The normalized spacial score (nSPS) is 11.5. The van der Waals surface area contributed by atoms with Gasteiger partial charge in [-0.1, -0.05) is 36.4 Å². The van der Waals surface area contributed by atoms with Gasteiger partial charge in [0, 0.05) is 29.2 Å². The number of hydrogen-bond donors (Lipinski definition) is 3. The minimum atomic E-state index is -1.82. The molecule has 160 valence electrons. The molecule has 0 aliphatic carbocycles. The van der Waals surface area contributed by atoms with E-state index in [1.807, 2.05) is 41.7 Å². The van der Waals surface area contributed by atoms with Crippen molar-refractivity contribution in [1.82, 2.24) is 4.57 Å². The number of methoxy groups -OCH3 is 1. The van der Waals surface area contributed by atoms with Crippen LogP contribution in [0.2, 0.25) is 0 Å². The number of carboxylic acid groups (broad SMARTS) is 2. The van der Waals surface area contributed by atoms with Crippen LogP contribution in [0.1, 0.15) is 11.3 Å². The second-order valence-electron chi connectivity index (χ2n) is 6.75. The summed E-state index contributed by atoms with van der Waals surface area (Å²) in [6, 6.07) is 16.1. The molecule has 1 atom stereocenters. The molecular formula is C22H26N2O6. The van der Waals surface area contributed by atoms with Crippen LogP contribution in [0.5, 0.6) is 5.75 Å². The molecule has 0 aliphatic rings. The summed E-state index contributed by atoms with van der Waals surface area (Å²) in [4.78, 5) is 18.2. The molecule has 0 spiro atoms. The van der Waals surface area contributed by atoms with Crippen LogP contribution in [0.25, 0.3) is 10.9 Å². The van der Waals surface area contributed by atoms with Gasteiger partial charge in [-0.25, -0.2) is 9.59 Å². The first-order valence-corrected chi connectivity index (χ1v) is 9.39. The van der Waals surface area contributed by atoms with Crippen molar-refractivity contribution in [2.45, 2.75) is 26.5 Å². The van der Waals surface area contributed by atoms with Gasteiger partial charge in [-0.2, -0.15) is 0 Å². The second kappa shape index (κ2) is 10.4. The largest absolute Gasteiger partial charge is 0.847 e. The molecule has 30 heavy (non-hydrogen) atoms. The van der Waals surface area contributed by atoms with E-state index < -0.39 is 18.0 Å². The molecular weight excluding hydrogens is 388 g/mol. The number of benzene rings is 2. The molecule has 4 N–H and O–H groups in total. The van der Waals surface area contributed by atoms with Crippen LogP contribution < -0.4 is 15.2 Å². The topological polar surface area (TPSA) is 128 Å². The quantitative estimate of drug-likeness (QED) is 0.408. The second-order valence-corrected chi connectivity index (χ2v) is 6.75. The Bertz CT molecular complexity index is 1020. The molecule has 1 aromatic heterocycles. The monoisotopic (exact) mass is 414 g/mol. The molecule has 0 radical (unpaired) electrons. The lowest BCUT2D eigenvalue weighted by molar-refractivity contribution is -0.613. The van der Waals surface area contributed by atoms with Crippen LogP contribution in [0.4, 0.5) is 5.69 Å². The lowest BCUT2D eigenvalue weighted by atomic mass is 10.2. The Labute approximate surface area is 174 Å². The summed E-state index contributed by atoms with van der Waals surface area (Å²) in [6.45, 7) is 5.16. The molecule has 3 rings (SSSR count). The van der Waals surface area contributed by atoms with Gasteiger partial charge in [0.05, 0.1) is 13.7 Å². The number of carboxylic acids is 2. The molecule has 2 aromatic carbocycles. The van der Waals surface area contributed by atoms with E-state index >= 15 is 0 Å². The van der Waals surface area contributed by atoms with Crippen LogP contribution in [-0.2, 0) is 16.1 Å².